The fourth-order valence-corrected chi connectivity index (χ4v) is 5.39. The molecule has 0 spiro atoms. The number of hydrogen-bond donors (Lipinski definition) is 2. The molecule has 4 rings (SSSR count). The van der Waals surface area contributed by atoms with Crippen LogP contribution in [-0.4, -0.2) is 38.9 Å². The van der Waals surface area contributed by atoms with Crippen LogP contribution in [0.5, 0.6) is 5.88 Å². The molecule has 38 heavy (non-hydrogen) atoms. The van der Waals surface area contributed by atoms with Gasteiger partial charge >= 0.3 is 12.3 Å². The highest BCUT2D eigenvalue weighted by Gasteiger charge is 2.36. The van der Waals surface area contributed by atoms with E-state index in [0.717, 1.165) is 31.4 Å². The van der Waals surface area contributed by atoms with Gasteiger partial charge < -0.3 is 19.7 Å². The Balaban J connectivity index is 1.73. The number of carbonyl (C=O) groups excluding carboxylic acids is 1. The number of amides is 1. The molecule has 0 unspecified atom stereocenters. The minimum Gasteiger partial charge on any atom is -0.481 e. The smallest absolute Gasteiger partial charge is 0.481 e. The van der Waals surface area contributed by atoms with Crippen molar-refractivity contribution in [1.29, 1.82) is 0 Å². The average Bonchev–Trinajstić information content (AvgIpc) is 3.10. The number of carboxylic acids is 1. The van der Waals surface area contributed by atoms with Gasteiger partial charge in [0.1, 0.15) is 0 Å². The summed E-state index contributed by atoms with van der Waals surface area (Å²) in [6.45, 7) is 8.10. The Labute approximate surface area is 220 Å². The number of carbonyl (C=O) groups is 2. The third-order valence-electron chi connectivity index (χ3n) is 7.69. The van der Waals surface area contributed by atoms with Gasteiger partial charge in [0.25, 0.3) is 5.91 Å². The molecule has 0 saturated heterocycles. The SMILES string of the molecule is Cc1c(C(=O)NC2CC(C(=O)O)C2)cc(-c2cc(OC(F)(F)F)nc(C(C)(C)C)c2)n1CC1CCCCC1. The van der Waals surface area contributed by atoms with E-state index >= 15 is 0 Å². The first-order valence-corrected chi connectivity index (χ1v) is 13.2. The van der Waals surface area contributed by atoms with E-state index < -0.39 is 29.5 Å². The summed E-state index contributed by atoms with van der Waals surface area (Å²) in [5.74, 6) is -1.76. The molecule has 2 saturated carbocycles. The van der Waals surface area contributed by atoms with Gasteiger partial charge in [0.15, 0.2) is 0 Å². The normalized spacial score (nSPS) is 20.6. The van der Waals surface area contributed by atoms with Gasteiger partial charge in [-0.15, -0.1) is 13.2 Å². The van der Waals surface area contributed by atoms with Crippen molar-refractivity contribution < 1.29 is 32.6 Å². The number of nitrogens with one attached hydrogen (secondary N) is 1. The Bertz CT molecular complexity index is 1190. The van der Waals surface area contributed by atoms with Crippen molar-refractivity contribution in [3.63, 3.8) is 0 Å². The second-order valence-electron chi connectivity index (χ2n) is 11.7. The molecule has 0 aliphatic heterocycles. The lowest BCUT2D eigenvalue weighted by molar-refractivity contribution is -0.276. The summed E-state index contributed by atoms with van der Waals surface area (Å²) >= 11 is 0. The Morgan fingerprint density at radius 3 is 2.34 bits per heavy atom. The van der Waals surface area contributed by atoms with Crippen molar-refractivity contribution in [1.82, 2.24) is 14.9 Å². The lowest BCUT2D eigenvalue weighted by atomic mass is 9.80. The predicted octanol–water partition coefficient (Wildman–Crippen LogP) is 6.23. The van der Waals surface area contributed by atoms with Crippen LogP contribution in [0.4, 0.5) is 13.2 Å². The molecule has 0 aromatic carbocycles. The van der Waals surface area contributed by atoms with E-state index in [2.05, 4.69) is 15.0 Å². The fourth-order valence-electron chi connectivity index (χ4n) is 5.39. The zero-order valence-electron chi connectivity index (χ0n) is 22.3. The summed E-state index contributed by atoms with van der Waals surface area (Å²) in [6, 6.07) is 4.55. The molecule has 7 nitrogen and oxygen atoms in total. The van der Waals surface area contributed by atoms with E-state index in [1.165, 1.54) is 12.5 Å². The monoisotopic (exact) mass is 535 g/mol. The number of rotatable bonds is 7. The van der Waals surface area contributed by atoms with Crippen LogP contribution in [0.25, 0.3) is 11.3 Å². The van der Waals surface area contributed by atoms with Gasteiger partial charge in [-0.05, 0) is 50.7 Å². The summed E-state index contributed by atoms with van der Waals surface area (Å²) in [4.78, 5) is 28.5. The summed E-state index contributed by atoms with van der Waals surface area (Å²) in [5.41, 5.74) is 2.19. The summed E-state index contributed by atoms with van der Waals surface area (Å²) in [6.07, 6.45) is 1.45. The number of nitrogens with zero attached hydrogens (tertiary/aromatic N) is 2. The van der Waals surface area contributed by atoms with Crippen molar-refractivity contribution in [2.75, 3.05) is 0 Å². The van der Waals surface area contributed by atoms with Crippen LogP contribution in [0.15, 0.2) is 18.2 Å². The maximum atomic E-state index is 13.3. The topological polar surface area (TPSA) is 93.5 Å². The molecule has 2 aliphatic carbocycles. The fraction of sp³-hybridized carbons (Fsp3) is 0.607. The number of aliphatic carboxylic acids is 1. The first kappa shape index (κ1) is 28.0. The van der Waals surface area contributed by atoms with Crippen LogP contribution < -0.4 is 10.1 Å². The Hall–Kier alpha value is -3.04. The number of halogens is 3. The highest BCUT2D eigenvalue weighted by Crippen LogP contribution is 2.36. The second-order valence-corrected chi connectivity index (χ2v) is 11.7. The molecule has 2 aliphatic rings. The third-order valence-corrected chi connectivity index (χ3v) is 7.69. The lowest BCUT2D eigenvalue weighted by Gasteiger charge is -2.32. The number of aromatic nitrogens is 2. The zero-order valence-corrected chi connectivity index (χ0v) is 22.3. The highest BCUT2D eigenvalue weighted by atomic mass is 19.4. The molecule has 2 aromatic rings. The molecule has 2 aromatic heterocycles. The van der Waals surface area contributed by atoms with Gasteiger partial charge in [-0.25, -0.2) is 4.98 Å². The summed E-state index contributed by atoms with van der Waals surface area (Å²) < 4.78 is 45.7. The van der Waals surface area contributed by atoms with E-state index in [1.54, 1.807) is 12.1 Å². The standard InChI is InChI=1S/C28H36F3N3O4/c1-16-21(25(35)32-20-10-19(11-20)26(36)37)14-22(34(16)15-17-8-6-5-7-9-17)18-12-23(27(2,3)4)33-24(13-18)38-28(29,30)31/h12-14,17,19-20H,5-11,15H2,1-4H3,(H,32,35)(H,36,37). The van der Waals surface area contributed by atoms with Gasteiger partial charge in [-0.2, -0.15) is 0 Å². The lowest BCUT2D eigenvalue weighted by Crippen LogP contribution is -2.46. The molecule has 0 atom stereocenters. The minimum absolute atomic E-state index is 0.214. The first-order valence-electron chi connectivity index (χ1n) is 13.2. The van der Waals surface area contributed by atoms with Gasteiger partial charge in [0, 0.05) is 41.0 Å². The zero-order chi connectivity index (χ0) is 27.8. The highest BCUT2D eigenvalue weighted by molar-refractivity contribution is 5.97. The number of ether oxygens (including phenoxy) is 1. The van der Waals surface area contributed by atoms with Gasteiger partial charge in [-0.3, -0.25) is 9.59 Å². The van der Waals surface area contributed by atoms with Crippen LogP contribution in [-0.2, 0) is 16.8 Å². The minimum atomic E-state index is -4.89. The van der Waals surface area contributed by atoms with Crippen LogP contribution in [0, 0.1) is 18.8 Å². The van der Waals surface area contributed by atoms with Crippen molar-refractivity contribution in [2.24, 2.45) is 11.8 Å². The maximum Gasteiger partial charge on any atom is 0.574 e. The quantitative estimate of drug-likeness (QED) is 0.439. The van der Waals surface area contributed by atoms with Crippen LogP contribution in [0.3, 0.4) is 0 Å². The van der Waals surface area contributed by atoms with E-state index in [-0.39, 0.29) is 11.9 Å². The average molecular weight is 536 g/mol. The van der Waals surface area contributed by atoms with Gasteiger partial charge in [0.2, 0.25) is 5.88 Å². The van der Waals surface area contributed by atoms with Crippen molar-refractivity contribution in [3.05, 3.63) is 35.2 Å². The summed E-state index contributed by atoms with van der Waals surface area (Å²) in [7, 11) is 0. The van der Waals surface area contributed by atoms with Crippen molar-refractivity contribution >= 4 is 11.9 Å². The van der Waals surface area contributed by atoms with Crippen LogP contribution in [0.2, 0.25) is 0 Å². The molecule has 0 bridgehead atoms. The number of hydrogen-bond acceptors (Lipinski definition) is 4. The molecule has 1 amide bonds. The molecule has 2 heterocycles. The van der Waals surface area contributed by atoms with Crippen molar-refractivity contribution in [3.8, 4) is 17.1 Å². The molecule has 0 radical (unpaired) electrons. The first-order chi connectivity index (χ1) is 17.7. The number of alkyl halides is 3. The Morgan fingerprint density at radius 2 is 1.76 bits per heavy atom. The Kier molecular flexibility index (Phi) is 7.81. The Morgan fingerprint density at radius 1 is 1.11 bits per heavy atom. The third kappa shape index (κ3) is 6.50. The van der Waals surface area contributed by atoms with E-state index in [4.69, 9.17) is 5.11 Å². The molecule has 2 N–H and O–H groups in total. The molecule has 208 valence electrons. The van der Waals surface area contributed by atoms with Crippen molar-refractivity contribution in [2.45, 2.75) is 97.0 Å². The van der Waals surface area contributed by atoms with Gasteiger partial charge in [0.05, 0.1) is 17.2 Å². The maximum absolute atomic E-state index is 13.3. The second kappa shape index (κ2) is 10.6. The molecular weight excluding hydrogens is 499 g/mol. The largest absolute Gasteiger partial charge is 0.574 e. The molecule has 10 heteroatoms. The van der Waals surface area contributed by atoms with E-state index in [1.807, 2.05) is 32.3 Å². The predicted molar refractivity (Wildman–Crippen MR) is 136 cm³/mol. The van der Waals surface area contributed by atoms with E-state index in [9.17, 15) is 22.8 Å². The summed E-state index contributed by atoms with van der Waals surface area (Å²) in [5, 5.41) is 12.1. The molecular formula is C28H36F3N3O4. The molecule has 2 fully saturated rings. The van der Waals surface area contributed by atoms with E-state index in [0.29, 0.717) is 47.8 Å². The number of pyridine rings is 1. The van der Waals surface area contributed by atoms with Crippen LogP contribution >= 0.6 is 0 Å². The number of carboxylic acid groups (broad SMARTS) is 1. The van der Waals surface area contributed by atoms with Crippen LogP contribution in [0.1, 0.15) is 87.5 Å². The van der Waals surface area contributed by atoms with Gasteiger partial charge in [-0.1, -0.05) is 40.0 Å².